The molecular formula is C16H31N5. The van der Waals surface area contributed by atoms with Gasteiger partial charge in [-0.2, -0.15) is 5.10 Å². The molecule has 1 aromatic rings. The molecule has 1 aliphatic rings. The van der Waals surface area contributed by atoms with Crippen molar-refractivity contribution in [2.75, 3.05) is 26.2 Å². The van der Waals surface area contributed by atoms with Crippen LogP contribution in [0.1, 0.15) is 46.0 Å². The average Bonchev–Trinajstić information content (AvgIpc) is 3.01. The van der Waals surface area contributed by atoms with E-state index in [0.717, 1.165) is 19.6 Å². The molecule has 0 aliphatic carbocycles. The molecule has 2 heterocycles. The van der Waals surface area contributed by atoms with Crippen LogP contribution in [-0.4, -0.2) is 51.9 Å². The monoisotopic (exact) mass is 293 g/mol. The molecule has 0 bridgehead atoms. The van der Waals surface area contributed by atoms with Gasteiger partial charge in [-0.3, -0.25) is 9.58 Å². The summed E-state index contributed by atoms with van der Waals surface area (Å²) in [4.78, 5) is 6.75. The third kappa shape index (κ3) is 5.40. The van der Waals surface area contributed by atoms with Crippen molar-refractivity contribution in [3.05, 3.63) is 12.7 Å². The van der Waals surface area contributed by atoms with Crippen molar-refractivity contribution < 1.29 is 0 Å². The molecule has 1 aromatic heterocycles. The SMILES string of the molecule is CCCCCCC(C(C)Cn1cncn1)N1CCNCC1. The fourth-order valence-electron chi connectivity index (χ4n) is 3.36. The standard InChI is InChI=1S/C16H31N5/c1-3-4-5-6-7-16(20-10-8-17-9-11-20)15(2)12-21-14-18-13-19-21/h13-17H,3-12H2,1-2H3. The number of hydrogen-bond acceptors (Lipinski definition) is 4. The van der Waals surface area contributed by atoms with E-state index in [0.29, 0.717) is 12.0 Å². The number of hydrogen-bond donors (Lipinski definition) is 1. The lowest BCUT2D eigenvalue weighted by Crippen LogP contribution is -2.51. The van der Waals surface area contributed by atoms with Crippen molar-refractivity contribution >= 4 is 0 Å². The molecule has 1 N–H and O–H groups in total. The summed E-state index contributed by atoms with van der Waals surface area (Å²) in [6.07, 6.45) is 10.2. The van der Waals surface area contributed by atoms with Gasteiger partial charge in [-0.25, -0.2) is 4.98 Å². The molecule has 2 atom stereocenters. The largest absolute Gasteiger partial charge is 0.314 e. The molecule has 0 aromatic carbocycles. The first kappa shape index (κ1) is 16.4. The number of nitrogens with one attached hydrogen (secondary N) is 1. The van der Waals surface area contributed by atoms with Gasteiger partial charge in [0.05, 0.1) is 0 Å². The van der Waals surface area contributed by atoms with E-state index in [-0.39, 0.29) is 0 Å². The van der Waals surface area contributed by atoms with E-state index in [4.69, 9.17) is 0 Å². The lowest BCUT2D eigenvalue weighted by atomic mass is 9.93. The quantitative estimate of drug-likeness (QED) is 0.709. The molecule has 0 spiro atoms. The van der Waals surface area contributed by atoms with Crippen LogP contribution in [0, 0.1) is 5.92 Å². The molecule has 1 saturated heterocycles. The van der Waals surface area contributed by atoms with Gasteiger partial charge in [-0.1, -0.05) is 39.5 Å². The normalized spacial score (nSPS) is 19.5. The van der Waals surface area contributed by atoms with Crippen LogP contribution < -0.4 is 5.32 Å². The predicted molar refractivity (Wildman–Crippen MR) is 86.2 cm³/mol. The topological polar surface area (TPSA) is 46.0 Å². The van der Waals surface area contributed by atoms with Crippen LogP contribution in [0.3, 0.4) is 0 Å². The van der Waals surface area contributed by atoms with Crippen molar-refractivity contribution in [2.45, 2.75) is 58.5 Å². The van der Waals surface area contributed by atoms with E-state index in [9.17, 15) is 0 Å². The summed E-state index contributed by atoms with van der Waals surface area (Å²) in [5.41, 5.74) is 0. The molecule has 21 heavy (non-hydrogen) atoms. The van der Waals surface area contributed by atoms with Gasteiger partial charge >= 0.3 is 0 Å². The molecule has 120 valence electrons. The zero-order valence-electron chi connectivity index (χ0n) is 13.7. The lowest BCUT2D eigenvalue weighted by molar-refractivity contribution is 0.110. The van der Waals surface area contributed by atoms with E-state index >= 15 is 0 Å². The second-order valence-corrected chi connectivity index (χ2v) is 6.30. The number of aromatic nitrogens is 3. The number of nitrogens with zero attached hydrogens (tertiary/aromatic N) is 4. The maximum atomic E-state index is 4.27. The Morgan fingerprint density at radius 3 is 2.67 bits per heavy atom. The molecular weight excluding hydrogens is 262 g/mol. The van der Waals surface area contributed by atoms with Gasteiger partial charge in [0.15, 0.2) is 0 Å². The summed E-state index contributed by atoms with van der Waals surface area (Å²) in [5.74, 6) is 0.617. The van der Waals surface area contributed by atoms with Gasteiger partial charge in [0.25, 0.3) is 0 Å². The van der Waals surface area contributed by atoms with E-state index < -0.39 is 0 Å². The summed E-state index contributed by atoms with van der Waals surface area (Å²) >= 11 is 0. The molecule has 5 heteroatoms. The molecule has 0 amide bonds. The van der Waals surface area contributed by atoms with Crippen LogP contribution in [0.15, 0.2) is 12.7 Å². The Hall–Kier alpha value is -0.940. The third-order valence-electron chi connectivity index (χ3n) is 4.57. The highest BCUT2D eigenvalue weighted by Crippen LogP contribution is 2.20. The van der Waals surface area contributed by atoms with Crippen molar-refractivity contribution in [1.82, 2.24) is 25.0 Å². The van der Waals surface area contributed by atoms with Gasteiger partial charge in [0, 0.05) is 38.8 Å². The highest BCUT2D eigenvalue weighted by molar-refractivity contribution is 4.81. The van der Waals surface area contributed by atoms with Crippen molar-refractivity contribution in [2.24, 2.45) is 5.92 Å². The molecule has 0 saturated carbocycles. The summed E-state index contributed by atoms with van der Waals surface area (Å²) < 4.78 is 1.98. The maximum absolute atomic E-state index is 4.27. The van der Waals surface area contributed by atoms with Crippen LogP contribution in [0.4, 0.5) is 0 Å². The lowest BCUT2D eigenvalue weighted by Gasteiger charge is -2.38. The molecule has 2 unspecified atom stereocenters. The zero-order valence-corrected chi connectivity index (χ0v) is 13.7. The Balaban J connectivity index is 1.89. The fourth-order valence-corrected chi connectivity index (χ4v) is 3.36. The average molecular weight is 293 g/mol. The van der Waals surface area contributed by atoms with Crippen LogP contribution in [0.25, 0.3) is 0 Å². The number of piperazine rings is 1. The molecule has 0 radical (unpaired) electrons. The van der Waals surface area contributed by atoms with Gasteiger partial charge < -0.3 is 5.32 Å². The molecule has 5 nitrogen and oxygen atoms in total. The second kappa shape index (κ2) is 9.15. The highest BCUT2D eigenvalue weighted by Gasteiger charge is 2.25. The zero-order chi connectivity index (χ0) is 14.9. The van der Waals surface area contributed by atoms with Crippen LogP contribution in [0.5, 0.6) is 0 Å². The van der Waals surface area contributed by atoms with Gasteiger partial charge in [0.1, 0.15) is 12.7 Å². The molecule has 1 aliphatic heterocycles. The summed E-state index contributed by atoms with van der Waals surface area (Å²) in [7, 11) is 0. The van der Waals surface area contributed by atoms with Crippen LogP contribution in [0.2, 0.25) is 0 Å². The van der Waals surface area contributed by atoms with Gasteiger partial charge in [0.2, 0.25) is 0 Å². The first-order chi connectivity index (χ1) is 10.3. The Kier molecular flexibility index (Phi) is 7.16. The summed E-state index contributed by atoms with van der Waals surface area (Å²) in [6, 6.07) is 0.674. The second-order valence-electron chi connectivity index (χ2n) is 6.30. The van der Waals surface area contributed by atoms with Crippen molar-refractivity contribution in [1.29, 1.82) is 0 Å². The van der Waals surface area contributed by atoms with E-state index in [2.05, 4.69) is 34.1 Å². The Labute approximate surface area is 129 Å². The Morgan fingerprint density at radius 2 is 2.00 bits per heavy atom. The smallest absolute Gasteiger partial charge is 0.137 e. The van der Waals surface area contributed by atoms with Gasteiger partial charge in [-0.05, 0) is 12.3 Å². The predicted octanol–water partition coefficient (Wildman–Crippen LogP) is 2.16. The van der Waals surface area contributed by atoms with Gasteiger partial charge in [-0.15, -0.1) is 0 Å². The minimum absolute atomic E-state index is 0.617. The van der Waals surface area contributed by atoms with Crippen molar-refractivity contribution in [3.8, 4) is 0 Å². The maximum Gasteiger partial charge on any atom is 0.137 e. The number of unbranched alkanes of at least 4 members (excludes halogenated alkanes) is 3. The first-order valence-corrected chi connectivity index (χ1v) is 8.58. The Bertz CT molecular complexity index is 359. The van der Waals surface area contributed by atoms with E-state index in [1.165, 1.54) is 45.2 Å². The van der Waals surface area contributed by atoms with E-state index in [1.807, 2.05) is 11.0 Å². The highest BCUT2D eigenvalue weighted by atomic mass is 15.3. The fraction of sp³-hybridized carbons (Fsp3) is 0.875. The summed E-state index contributed by atoms with van der Waals surface area (Å²) in [5, 5.41) is 7.73. The Morgan fingerprint density at radius 1 is 1.19 bits per heavy atom. The minimum atomic E-state index is 0.617. The first-order valence-electron chi connectivity index (χ1n) is 8.58. The minimum Gasteiger partial charge on any atom is -0.314 e. The summed E-state index contributed by atoms with van der Waals surface area (Å²) in [6.45, 7) is 10.2. The third-order valence-corrected chi connectivity index (χ3v) is 4.57. The van der Waals surface area contributed by atoms with Crippen LogP contribution >= 0.6 is 0 Å². The van der Waals surface area contributed by atoms with Crippen LogP contribution in [-0.2, 0) is 6.54 Å². The van der Waals surface area contributed by atoms with E-state index in [1.54, 1.807) is 6.33 Å². The van der Waals surface area contributed by atoms with Crippen molar-refractivity contribution in [3.63, 3.8) is 0 Å². The molecule has 1 fully saturated rings. The number of rotatable bonds is 9. The molecule has 2 rings (SSSR count).